The van der Waals surface area contributed by atoms with E-state index in [4.69, 9.17) is 4.74 Å². The third-order valence-corrected chi connectivity index (χ3v) is 3.92. The average molecular weight is 233 g/mol. The van der Waals surface area contributed by atoms with Crippen LogP contribution in [0.15, 0.2) is 18.6 Å². The van der Waals surface area contributed by atoms with Crippen molar-refractivity contribution in [1.82, 2.24) is 9.97 Å². The first kappa shape index (κ1) is 11.0. The van der Waals surface area contributed by atoms with E-state index in [1.807, 2.05) is 0 Å². The highest BCUT2D eigenvalue weighted by molar-refractivity contribution is 5.31. The summed E-state index contributed by atoms with van der Waals surface area (Å²) in [5, 5.41) is 3.48. The zero-order valence-corrected chi connectivity index (χ0v) is 10.1. The highest BCUT2D eigenvalue weighted by atomic mass is 16.5. The SMILES string of the molecule is c1cnc(NC2CCOC3(CCCC3)C2)cn1. The Morgan fingerprint density at radius 2 is 2.18 bits per heavy atom. The number of anilines is 1. The van der Waals surface area contributed by atoms with Crippen molar-refractivity contribution < 1.29 is 4.74 Å². The van der Waals surface area contributed by atoms with Gasteiger partial charge in [0.15, 0.2) is 0 Å². The molecule has 1 N–H and O–H groups in total. The topological polar surface area (TPSA) is 47.0 Å². The van der Waals surface area contributed by atoms with Crippen LogP contribution < -0.4 is 5.32 Å². The van der Waals surface area contributed by atoms with Crippen LogP contribution in [0.5, 0.6) is 0 Å². The van der Waals surface area contributed by atoms with Gasteiger partial charge in [0.25, 0.3) is 0 Å². The largest absolute Gasteiger partial charge is 0.375 e. The lowest BCUT2D eigenvalue weighted by Crippen LogP contribution is -2.42. The van der Waals surface area contributed by atoms with Crippen molar-refractivity contribution in [3.8, 4) is 0 Å². The van der Waals surface area contributed by atoms with Gasteiger partial charge in [0.05, 0.1) is 11.8 Å². The van der Waals surface area contributed by atoms with Crippen LogP contribution in [0.3, 0.4) is 0 Å². The van der Waals surface area contributed by atoms with Crippen LogP contribution >= 0.6 is 0 Å². The molecular formula is C13H19N3O. The molecule has 0 radical (unpaired) electrons. The third kappa shape index (κ3) is 2.41. The Kier molecular flexibility index (Phi) is 2.97. The van der Waals surface area contributed by atoms with Crippen LogP contribution in [0.2, 0.25) is 0 Å². The van der Waals surface area contributed by atoms with E-state index in [0.29, 0.717) is 6.04 Å². The van der Waals surface area contributed by atoms with E-state index >= 15 is 0 Å². The summed E-state index contributed by atoms with van der Waals surface area (Å²) in [5.41, 5.74) is 0.165. The molecule has 1 aliphatic carbocycles. The van der Waals surface area contributed by atoms with Gasteiger partial charge in [-0.1, -0.05) is 12.8 Å². The van der Waals surface area contributed by atoms with Gasteiger partial charge in [-0.3, -0.25) is 4.98 Å². The van der Waals surface area contributed by atoms with E-state index in [2.05, 4.69) is 15.3 Å². The molecule has 1 unspecified atom stereocenters. The van der Waals surface area contributed by atoms with Crippen molar-refractivity contribution in [3.05, 3.63) is 18.6 Å². The number of hydrogen-bond acceptors (Lipinski definition) is 4. The summed E-state index contributed by atoms with van der Waals surface area (Å²) >= 11 is 0. The van der Waals surface area contributed by atoms with E-state index in [1.54, 1.807) is 18.6 Å². The van der Waals surface area contributed by atoms with Crippen LogP contribution in [0.4, 0.5) is 5.82 Å². The summed E-state index contributed by atoms with van der Waals surface area (Å²) in [6, 6.07) is 0.485. The molecule has 1 saturated heterocycles. The first-order valence-electron chi connectivity index (χ1n) is 6.53. The molecule has 1 aromatic heterocycles. The molecule has 1 saturated carbocycles. The number of nitrogens with one attached hydrogen (secondary N) is 1. The molecule has 92 valence electrons. The summed E-state index contributed by atoms with van der Waals surface area (Å²) in [5.74, 6) is 0.882. The lowest BCUT2D eigenvalue weighted by Gasteiger charge is -2.38. The summed E-state index contributed by atoms with van der Waals surface area (Å²) in [4.78, 5) is 8.36. The second-order valence-electron chi connectivity index (χ2n) is 5.16. The first-order valence-corrected chi connectivity index (χ1v) is 6.53. The molecule has 3 rings (SSSR count). The van der Waals surface area contributed by atoms with E-state index in [-0.39, 0.29) is 5.60 Å². The smallest absolute Gasteiger partial charge is 0.144 e. The number of ether oxygens (including phenoxy) is 1. The molecule has 2 fully saturated rings. The summed E-state index contributed by atoms with van der Waals surface area (Å²) < 4.78 is 6.02. The Hall–Kier alpha value is -1.16. The monoisotopic (exact) mass is 233 g/mol. The van der Waals surface area contributed by atoms with Gasteiger partial charge >= 0.3 is 0 Å². The minimum Gasteiger partial charge on any atom is -0.375 e. The average Bonchev–Trinajstić information content (AvgIpc) is 2.79. The van der Waals surface area contributed by atoms with Gasteiger partial charge in [-0.15, -0.1) is 0 Å². The Balaban J connectivity index is 1.64. The zero-order chi connectivity index (χ0) is 11.6. The minimum atomic E-state index is 0.165. The molecule has 1 spiro atoms. The molecule has 1 atom stereocenters. The summed E-state index contributed by atoms with van der Waals surface area (Å²) in [6.45, 7) is 0.873. The fourth-order valence-corrected chi connectivity index (χ4v) is 3.10. The lowest BCUT2D eigenvalue weighted by molar-refractivity contribution is -0.0767. The van der Waals surface area contributed by atoms with Crippen LogP contribution in [-0.4, -0.2) is 28.2 Å². The van der Waals surface area contributed by atoms with Crippen molar-refractivity contribution in [1.29, 1.82) is 0 Å². The van der Waals surface area contributed by atoms with Gasteiger partial charge in [-0.05, 0) is 25.7 Å². The molecule has 0 aromatic carbocycles. The molecule has 1 aliphatic heterocycles. The number of nitrogens with zero attached hydrogens (tertiary/aromatic N) is 2. The van der Waals surface area contributed by atoms with E-state index in [0.717, 1.165) is 25.3 Å². The van der Waals surface area contributed by atoms with Gasteiger partial charge < -0.3 is 10.1 Å². The number of hydrogen-bond donors (Lipinski definition) is 1. The predicted octanol–water partition coefficient (Wildman–Crippen LogP) is 2.38. The maximum Gasteiger partial charge on any atom is 0.144 e. The number of aromatic nitrogens is 2. The molecule has 0 amide bonds. The summed E-state index contributed by atoms with van der Waals surface area (Å²) in [6.07, 6.45) is 12.5. The molecule has 2 aliphatic rings. The van der Waals surface area contributed by atoms with Gasteiger partial charge in [-0.2, -0.15) is 0 Å². The molecule has 17 heavy (non-hydrogen) atoms. The molecule has 2 heterocycles. The van der Waals surface area contributed by atoms with Crippen LogP contribution in [0.25, 0.3) is 0 Å². The maximum atomic E-state index is 6.02. The Bertz CT molecular complexity index is 362. The second kappa shape index (κ2) is 4.61. The van der Waals surface area contributed by atoms with E-state index in [9.17, 15) is 0 Å². The fraction of sp³-hybridized carbons (Fsp3) is 0.692. The third-order valence-electron chi connectivity index (χ3n) is 3.92. The van der Waals surface area contributed by atoms with E-state index in [1.165, 1.54) is 25.7 Å². The molecule has 4 nitrogen and oxygen atoms in total. The predicted molar refractivity (Wildman–Crippen MR) is 65.8 cm³/mol. The van der Waals surface area contributed by atoms with Gasteiger partial charge in [0.2, 0.25) is 0 Å². The highest BCUT2D eigenvalue weighted by Crippen LogP contribution is 2.40. The van der Waals surface area contributed by atoms with Crippen LogP contribution in [0, 0.1) is 0 Å². The molecule has 1 aromatic rings. The van der Waals surface area contributed by atoms with Gasteiger partial charge in [0, 0.05) is 25.0 Å². The molecule has 4 heteroatoms. The number of rotatable bonds is 2. The highest BCUT2D eigenvalue weighted by Gasteiger charge is 2.39. The minimum absolute atomic E-state index is 0.165. The Morgan fingerprint density at radius 3 is 2.94 bits per heavy atom. The van der Waals surface area contributed by atoms with Crippen molar-refractivity contribution >= 4 is 5.82 Å². The van der Waals surface area contributed by atoms with Crippen LogP contribution in [-0.2, 0) is 4.74 Å². The normalized spacial score (nSPS) is 27.2. The van der Waals surface area contributed by atoms with Crippen molar-refractivity contribution in [3.63, 3.8) is 0 Å². The fourth-order valence-electron chi connectivity index (χ4n) is 3.10. The molecule has 0 bridgehead atoms. The van der Waals surface area contributed by atoms with Crippen LogP contribution in [0.1, 0.15) is 38.5 Å². The van der Waals surface area contributed by atoms with E-state index < -0.39 is 0 Å². The Labute approximate surface area is 102 Å². The first-order chi connectivity index (χ1) is 8.36. The standard InChI is InChI=1S/C13H19N3O/c1-2-5-13(4-1)9-11(3-8-17-13)16-12-10-14-6-7-15-12/h6-7,10-11H,1-5,8-9H2,(H,15,16). The van der Waals surface area contributed by atoms with Crippen molar-refractivity contribution in [2.75, 3.05) is 11.9 Å². The maximum absolute atomic E-state index is 6.02. The molecular weight excluding hydrogens is 214 g/mol. The van der Waals surface area contributed by atoms with Crippen molar-refractivity contribution in [2.24, 2.45) is 0 Å². The Morgan fingerprint density at radius 1 is 1.29 bits per heavy atom. The quantitative estimate of drug-likeness (QED) is 0.852. The second-order valence-corrected chi connectivity index (χ2v) is 5.16. The summed E-state index contributed by atoms with van der Waals surface area (Å²) in [7, 11) is 0. The lowest BCUT2D eigenvalue weighted by atomic mass is 9.89. The zero-order valence-electron chi connectivity index (χ0n) is 10.1. The van der Waals surface area contributed by atoms with Gasteiger partial charge in [-0.25, -0.2) is 4.98 Å². The van der Waals surface area contributed by atoms with Gasteiger partial charge in [0.1, 0.15) is 5.82 Å². The van der Waals surface area contributed by atoms with Crippen molar-refractivity contribution in [2.45, 2.75) is 50.2 Å².